The topological polar surface area (TPSA) is 46.5 Å². The Balaban J connectivity index is 2.62. The largest absolute Gasteiger partial charge is 0.496 e. The molecule has 0 radical (unpaired) electrons. The molecule has 0 fully saturated rings. The second-order valence-corrected chi connectivity index (χ2v) is 4.15. The van der Waals surface area contributed by atoms with E-state index in [0.717, 1.165) is 11.6 Å². The van der Waals surface area contributed by atoms with Crippen molar-refractivity contribution < 1.29 is 19.0 Å². The molecule has 0 bridgehead atoms. The van der Waals surface area contributed by atoms with Crippen molar-refractivity contribution in [2.45, 2.75) is 6.92 Å². The van der Waals surface area contributed by atoms with Gasteiger partial charge < -0.3 is 9.84 Å². The number of hydrogen-bond acceptors (Lipinski definition) is 2. The molecule has 4 heteroatoms. The third kappa shape index (κ3) is 2.42. The summed E-state index contributed by atoms with van der Waals surface area (Å²) in [5, 5.41) is 9.11. The summed E-state index contributed by atoms with van der Waals surface area (Å²) >= 11 is 0. The first-order chi connectivity index (χ1) is 9.04. The Kier molecular flexibility index (Phi) is 3.51. The zero-order valence-corrected chi connectivity index (χ0v) is 10.6. The minimum atomic E-state index is -1.28. The quantitative estimate of drug-likeness (QED) is 0.918. The van der Waals surface area contributed by atoms with E-state index in [9.17, 15) is 9.18 Å². The normalized spacial score (nSPS) is 10.3. The summed E-state index contributed by atoms with van der Waals surface area (Å²) in [6, 6.07) is 9.46. The Labute approximate surface area is 110 Å². The molecule has 1 N–H and O–H groups in total. The average Bonchev–Trinajstić information content (AvgIpc) is 2.37. The van der Waals surface area contributed by atoms with Crippen LogP contribution in [0.5, 0.6) is 5.75 Å². The molecule has 2 aromatic carbocycles. The van der Waals surface area contributed by atoms with Gasteiger partial charge in [0.2, 0.25) is 0 Å². The van der Waals surface area contributed by atoms with Crippen LogP contribution in [0.2, 0.25) is 0 Å². The second kappa shape index (κ2) is 5.10. The highest BCUT2D eigenvalue weighted by atomic mass is 19.1. The number of halogens is 1. The summed E-state index contributed by atoms with van der Waals surface area (Å²) in [7, 11) is 1.56. The average molecular weight is 260 g/mol. The third-order valence-corrected chi connectivity index (χ3v) is 2.93. The van der Waals surface area contributed by atoms with Crippen molar-refractivity contribution in [2.24, 2.45) is 0 Å². The molecule has 98 valence electrons. The van der Waals surface area contributed by atoms with E-state index in [1.807, 2.05) is 6.92 Å². The fourth-order valence-electron chi connectivity index (χ4n) is 2.03. The summed E-state index contributed by atoms with van der Waals surface area (Å²) in [4.78, 5) is 11.2. The van der Waals surface area contributed by atoms with Gasteiger partial charge in [-0.25, -0.2) is 9.18 Å². The molecule has 2 aromatic rings. The van der Waals surface area contributed by atoms with Crippen molar-refractivity contribution in [3.63, 3.8) is 0 Å². The predicted molar refractivity (Wildman–Crippen MR) is 70.1 cm³/mol. The zero-order chi connectivity index (χ0) is 14.0. The lowest BCUT2D eigenvalue weighted by Gasteiger charge is -2.10. The predicted octanol–water partition coefficient (Wildman–Crippen LogP) is 3.51. The number of aryl methyl sites for hydroxylation is 1. The van der Waals surface area contributed by atoms with E-state index in [4.69, 9.17) is 9.84 Å². The standard InChI is InChI=1S/C15H13FO3/c1-9-8-10(6-7-13(9)19-2)11-4-3-5-12(16)14(11)15(17)18/h3-8H,1-2H3,(H,17,18). The molecule has 0 aliphatic heterocycles. The van der Waals surface area contributed by atoms with E-state index in [-0.39, 0.29) is 5.56 Å². The zero-order valence-electron chi connectivity index (χ0n) is 10.6. The van der Waals surface area contributed by atoms with Gasteiger partial charge in [0.25, 0.3) is 0 Å². The number of carboxylic acid groups (broad SMARTS) is 1. The molecular formula is C15H13FO3. The van der Waals surface area contributed by atoms with Gasteiger partial charge in [-0.15, -0.1) is 0 Å². The Hall–Kier alpha value is -2.36. The van der Waals surface area contributed by atoms with Gasteiger partial charge in [-0.1, -0.05) is 18.2 Å². The van der Waals surface area contributed by atoms with Crippen LogP contribution in [0.25, 0.3) is 11.1 Å². The molecule has 2 rings (SSSR count). The molecule has 0 saturated heterocycles. The van der Waals surface area contributed by atoms with Crippen LogP contribution in [0.1, 0.15) is 15.9 Å². The Morgan fingerprint density at radius 2 is 2.00 bits per heavy atom. The Morgan fingerprint density at radius 1 is 1.26 bits per heavy atom. The Morgan fingerprint density at radius 3 is 2.58 bits per heavy atom. The van der Waals surface area contributed by atoms with Crippen LogP contribution in [-0.2, 0) is 0 Å². The fraction of sp³-hybridized carbons (Fsp3) is 0.133. The highest BCUT2D eigenvalue weighted by Crippen LogP contribution is 2.29. The van der Waals surface area contributed by atoms with Crippen molar-refractivity contribution in [3.05, 3.63) is 53.3 Å². The molecule has 0 aliphatic rings. The van der Waals surface area contributed by atoms with Crippen LogP contribution in [0.15, 0.2) is 36.4 Å². The molecule has 19 heavy (non-hydrogen) atoms. The van der Waals surface area contributed by atoms with Gasteiger partial charge in [-0.05, 0) is 41.8 Å². The van der Waals surface area contributed by atoms with Crippen LogP contribution < -0.4 is 4.74 Å². The number of ether oxygens (including phenoxy) is 1. The van der Waals surface area contributed by atoms with Crippen molar-refractivity contribution >= 4 is 5.97 Å². The lowest BCUT2D eigenvalue weighted by atomic mass is 9.97. The maximum Gasteiger partial charge on any atom is 0.339 e. The number of methoxy groups -OCH3 is 1. The molecule has 0 aromatic heterocycles. The lowest BCUT2D eigenvalue weighted by molar-refractivity contribution is 0.0693. The van der Waals surface area contributed by atoms with Crippen molar-refractivity contribution in [1.29, 1.82) is 0 Å². The molecule has 0 heterocycles. The van der Waals surface area contributed by atoms with Gasteiger partial charge >= 0.3 is 5.97 Å². The van der Waals surface area contributed by atoms with Crippen molar-refractivity contribution in [2.75, 3.05) is 7.11 Å². The fourth-order valence-corrected chi connectivity index (χ4v) is 2.03. The van der Waals surface area contributed by atoms with E-state index in [0.29, 0.717) is 16.9 Å². The lowest BCUT2D eigenvalue weighted by Crippen LogP contribution is -2.03. The Bertz CT molecular complexity index is 635. The number of carboxylic acids is 1. The molecule has 0 unspecified atom stereocenters. The van der Waals surface area contributed by atoms with Crippen LogP contribution in [0.4, 0.5) is 4.39 Å². The second-order valence-electron chi connectivity index (χ2n) is 4.15. The van der Waals surface area contributed by atoms with E-state index in [2.05, 4.69) is 0 Å². The number of carbonyl (C=O) groups is 1. The van der Waals surface area contributed by atoms with Crippen molar-refractivity contribution in [3.8, 4) is 16.9 Å². The summed E-state index contributed by atoms with van der Waals surface area (Å²) < 4.78 is 18.8. The molecule has 0 spiro atoms. The maximum atomic E-state index is 13.6. The third-order valence-electron chi connectivity index (χ3n) is 2.93. The highest BCUT2D eigenvalue weighted by molar-refractivity contribution is 5.96. The van der Waals surface area contributed by atoms with E-state index in [1.165, 1.54) is 6.07 Å². The van der Waals surface area contributed by atoms with E-state index in [1.54, 1.807) is 31.4 Å². The number of benzene rings is 2. The van der Waals surface area contributed by atoms with Crippen LogP contribution in [0.3, 0.4) is 0 Å². The molecular weight excluding hydrogens is 247 g/mol. The minimum Gasteiger partial charge on any atom is -0.496 e. The molecule has 0 saturated carbocycles. The van der Waals surface area contributed by atoms with Gasteiger partial charge in [0, 0.05) is 0 Å². The number of rotatable bonds is 3. The number of hydrogen-bond donors (Lipinski definition) is 1. The molecule has 0 aliphatic carbocycles. The van der Waals surface area contributed by atoms with Gasteiger partial charge in [0.05, 0.1) is 7.11 Å². The van der Waals surface area contributed by atoms with E-state index >= 15 is 0 Å². The summed E-state index contributed by atoms with van der Waals surface area (Å²) in [5.74, 6) is -1.31. The van der Waals surface area contributed by atoms with Crippen LogP contribution in [0, 0.1) is 12.7 Å². The smallest absolute Gasteiger partial charge is 0.339 e. The highest BCUT2D eigenvalue weighted by Gasteiger charge is 2.17. The van der Waals surface area contributed by atoms with Crippen LogP contribution in [-0.4, -0.2) is 18.2 Å². The van der Waals surface area contributed by atoms with E-state index < -0.39 is 11.8 Å². The molecule has 3 nitrogen and oxygen atoms in total. The first-order valence-corrected chi connectivity index (χ1v) is 5.71. The molecule has 0 amide bonds. The SMILES string of the molecule is COc1ccc(-c2cccc(F)c2C(=O)O)cc1C. The summed E-state index contributed by atoms with van der Waals surface area (Å²) in [6.45, 7) is 1.85. The van der Waals surface area contributed by atoms with Crippen LogP contribution >= 0.6 is 0 Å². The minimum absolute atomic E-state index is 0.313. The number of aromatic carboxylic acids is 1. The molecule has 0 atom stereocenters. The first kappa shape index (κ1) is 13.1. The van der Waals surface area contributed by atoms with Gasteiger partial charge in [0.15, 0.2) is 0 Å². The van der Waals surface area contributed by atoms with Gasteiger partial charge in [-0.3, -0.25) is 0 Å². The monoisotopic (exact) mass is 260 g/mol. The summed E-state index contributed by atoms with van der Waals surface area (Å²) in [6.07, 6.45) is 0. The van der Waals surface area contributed by atoms with Gasteiger partial charge in [-0.2, -0.15) is 0 Å². The first-order valence-electron chi connectivity index (χ1n) is 5.71. The van der Waals surface area contributed by atoms with Crippen molar-refractivity contribution in [1.82, 2.24) is 0 Å². The summed E-state index contributed by atoms with van der Waals surface area (Å²) in [5.41, 5.74) is 1.56. The maximum absolute atomic E-state index is 13.6. The van der Waals surface area contributed by atoms with Gasteiger partial charge in [0.1, 0.15) is 17.1 Å².